The summed E-state index contributed by atoms with van der Waals surface area (Å²) in [4.78, 5) is 32.5. The topological polar surface area (TPSA) is 124 Å². The summed E-state index contributed by atoms with van der Waals surface area (Å²) in [7, 11) is 1.62. The van der Waals surface area contributed by atoms with Crippen LogP contribution in [0, 0.1) is 6.92 Å². The van der Waals surface area contributed by atoms with Crippen molar-refractivity contribution in [1.82, 2.24) is 30.4 Å². The summed E-state index contributed by atoms with van der Waals surface area (Å²) < 4.78 is 0. The van der Waals surface area contributed by atoms with Crippen LogP contribution < -0.4 is 5.32 Å². The lowest BCUT2D eigenvalue weighted by Crippen LogP contribution is -2.36. The molecular weight excluding hydrogens is 296 g/mol. The summed E-state index contributed by atoms with van der Waals surface area (Å²) >= 11 is 1.05. The Balaban J connectivity index is 1.88. The number of aromatic carboxylic acids is 1. The summed E-state index contributed by atoms with van der Waals surface area (Å²) in [6, 6.07) is -0.309. The zero-order valence-corrected chi connectivity index (χ0v) is 12.3. The second-order valence-corrected chi connectivity index (χ2v) is 5.36. The number of hydrogen-bond donors (Lipinski definition) is 3. The number of carboxylic acids is 1. The number of thiazole rings is 1. The summed E-state index contributed by atoms with van der Waals surface area (Å²) in [6.45, 7) is 2.10. The Morgan fingerprint density at radius 1 is 1.52 bits per heavy atom. The number of aromatic amines is 1. The first kappa shape index (κ1) is 14.9. The van der Waals surface area contributed by atoms with Gasteiger partial charge < -0.3 is 15.3 Å². The number of nitrogens with one attached hydrogen (secondary N) is 2. The number of carbonyl (C=O) groups is 2. The molecule has 21 heavy (non-hydrogen) atoms. The van der Waals surface area contributed by atoms with Crippen molar-refractivity contribution in [1.29, 1.82) is 0 Å². The second-order valence-electron chi connectivity index (χ2n) is 4.27. The Morgan fingerprint density at radius 2 is 2.29 bits per heavy atom. The Kier molecular flexibility index (Phi) is 4.48. The standard InChI is InChI=1S/C11H14N6O3S/c1-6-9(10(18)19)21-8(15-6)3-12-11(20)17(2)4-7-13-5-14-16-7/h5H,3-4H2,1-2H3,(H,12,20)(H,18,19)(H,13,14,16). The van der Waals surface area contributed by atoms with Gasteiger partial charge in [0.2, 0.25) is 0 Å². The molecule has 0 aliphatic heterocycles. The average molecular weight is 310 g/mol. The van der Waals surface area contributed by atoms with Crippen molar-refractivity contribution in [2.24, 2.45) is 0 Å². The van der Waals surface area contributed by atoms with Crippen LogP contribution in [0.1, 0.15) is 26.2 Å². The number of rotatable bonds is 5. The second kappa shape index (κ2) is 6.31. The highest BCUT2D eigenvalue weighted by atomic mass is 32.1. The van der Waals surface area contributed by atoms with Gasteiger partial charge in [-0.05, 0) is 6.92 Å². The number of amides is 2. The molecule has 0 atom stereocenters. The summed E-state index contributed by atoms with van der Waals surface area (Å²) in [5, 5.41) is 18.5. The van der Waals surface area contributed by atoms with E-state index in [-0.39, 0.29) is 17.5 Å². The Morgan fingerprint density at radius 3 is 2.86 bits per heavy atom. The summed E-state index contributed by atoms with van der Waals surface area (Å²) in [5.74, 6) is -0.434. The molecule has 2 aromatic heterocycles. The largest absolute Gasteiger partial charge is 0.477 e. The zero-order chi connectivity index (χ0) is 15.4. The third-order valence-corrected chi connectivity index (χ3v) is 3.77. The Hall–Kier alpha value is -2.49. The molecule has 0 saturated heterocycles. The van der Waals surface area contributed by atoms with Crippen molar-refractivity contribution >= 4 is 23.3 Å². The van der Waals surface area contributed by atoms with Crippen molar-refractivity contribution in [2.45, 2.75) is 20.0 Å². The zero-order valence-electron chi connectivity index (χ0n) is 11.5. The van der Waals surface area contributed by atoms with E-state index in [0.29, 0.717) is 23.1 Å². The molecule has 2 rings (SSSR count). The van der Waals surface area contributed by atoms with Gasteiger partial charge in [0.25, 0.3) is 0 Å². The minimum Gasteiger partial charge on any atom is -0.477 e. The van der Waals surface area contributed by atoms with Gasteiger partial charge in [-0.15, -0.1) is 11.3 Å². The molecule has 0 saturated carbocycles. The fraction of sp³-hybridized carbons (Fsp3) is 0.364. The molecule has 0 fully saturated rings. The van der Waals surface area contributed by atoms with Crippen LogP contribution in [0.4, 0.5) is 4.79 Å². The van der Waals surface area contributed by atoms with Gasteiger partial charge >= 0.3 is 12.0 Å². The van der Waals surface area contributed by atoms with E-state index >= 15 is 0 Å². The molecule has 2 heterocycles. The van der Waals surface area contributed by atoms with Gasteiger partial charge in [-0.3, -0.25) is 5.10 Å². The van der Waals surface area contributed by atoms with Gasteiger partial charge in [-0.25, -0.2) is 19.6 Å². The fourth-order valence-electron chi connectivity index (χ4n) is 1.62. The number of aryl methyl sites for hydroxylation is 1. The van der Waals surface area contributed by atoms with E-state index in [1.807, 2.05) is 0 Å². The van der Waals surface area contributed by atoms with Crippen LogP contribution in [-0.2, 0) is 13.1 Å². The number of carbonyl (C=O) groups excluding carboxylic acids is 1. The molecule has 0 aliphatic carbocycles. The van der Waals surface area contributed by atoms with E-state index in [0.717, 1.165) is 11.3 Å². The number of H-pyrrole nitrogens is 1. The van der Waals surface area contributed by atoms with Gasteiger partial charge in [0.15, 0.2) is 0 Å². The lowest BCUT2D eigenvalue weighted by atomic mass is 10.4. The first-order valence-corrected chi connectivity index (χ1v) is 6.82. The molecule has 2 amide bonds. The number of urea groups is 1. The van der Waals surface area contributed by atoms with Gasteiger partial charge in [0.05, 0.1) is 18.8 Å². The molecule has 0 radical (unpaired) electrons. The maximum Gasteiger partial charge on any atom is 0.347 e. The van der Waals surface area contributed by atoms with E-state index in [9.17, 15) is 9.59 Å². The van der Waals surface area contributed by atoms with Crippen LogP contribution in [0.3, 0.4) is 0 Å². The maximum atomic E-state index is 11.9. The molecular formula is C11H14N6O3S. The van der Waals surface area contributed by atoms with Gasteiger partial charge in [-0.1, -0.05) is 0 Å². The molecule has 3 N–H and O–H groups in total. The van der Waals surface area contributed by atoms with Crippen molar-refractivity contribution in [3.8, 4) is 0 Å². The SMILES string of the molecule is Cc1nc(CNC(=O)N(C)Cc2ncn[nH]2)sc1C(=O)O. The van der Waals surface area contributed by atoms with Gasteiger partial charge in [0, 0.05) is 7.05 Å². The fourth-order valence-corrected chi connectivity index (χ4v) is 2.46. The smallest absolute Gasteiger partial charge is 0.347 e. The predicted molar refractivity (Wildman–Crippen MR) is 73.9 cm³/mol. The molecule has 0 aromatic carbocycles. The van der Waals surface area contributed by atoms with E-state index in [1.165, 1.54) is 11.2 Å². The van der Waals surface area contributed by atoms with Crippen LogP contribution in [0.15, 0.2) is 6.33 Å². The van der Waals surface area contributed by atoms with Crippen LogP contribution in [0.5, 0.6) is 0 Å². The van der Waals surface area contributed by atoms with Crippen molar-refractivity contribution in [3.05, 3.63) is 27.7 Å². The predicted octanol–water partition coefficient (Wildman–Crippen LogP) is 0.609. The highest BCUT2D eigenvalue weighted by Crippen LogP contribution is 2.17. The van der Waals surface area contributed by atoms with E-state index in [4.69, 9.17) is 5.11 Å². The first-order chi connectivity index (χ1) is 9.97. The normalized spacial score (nSPS) is 10.4. The highest BCUT2D eigenvalue weighted by Gasteiger charge is 2.15. The van der Waals surface area contributed by atoms with Gasteiger partial charge in [-0.2, -0.15) is 5.10 Å². The van der Waals surface area contributed by atoms with Crippen molar-refractivity contribution in [2.75, 3.05) is 7.05 Å². The van der Waals surface area contributed by atoms with Crippen molar-refractivity contribution < 1.29 is 14.7 Å². The number of nitrogens with zero attached hydrogens (tertiary/aromatic N) is 4. The van der Waals surface area contributed by atoms with Crippen molar-refractivity contribution in [3.63, 3.8) is 0 Å². The number of aromatic nitrogens is 4. The minimum atomic E-state index is -1.01. The average Bonchev–Trinajstić information content (AvgIpc) is 3.05. The van der Waals surface area contributed by atoms with Gasteiger partial charge in [0.1, 0.15) is 22.0 Å². The molecule has 0 spiro atoms. The third-order valence-electron chi connectivity index (χ3n) is 2.62. The quantitative estimate of drug-likeness (QED) is 0.743. The van der Waals surface area contributed by atoms with Crippen LogP contribution in [0.25, 0.3) is 0 Å². The molecule has 0 aliphatic rings. The van der Waals surface area contributed by atoms with Crippen LogP contribution >= 0.6 is 11.3 Å². The van der Waals surface area contributed by atoms with E-state index < -0.39 is 5.97 Å². The Bertz CT molecular complexity index is 638. The molecule has 0 bridgehead atoms. The summed E-state index contributed by atoms with van der Waals surface area (Å²) in [5.41, 5.74) is 0.451. The first-order valence-electron chi connectivity index (χ1n) is 6.00. The lowest BCUT2D eigenvalue weighted by molar-refractivity contribution is 0.0701. The minimum absolute atomic E-state index is 0.179. The maximum absolute atomic E-state index is 11.9. The van der Waals surface area contributed by atoms with Crippen LogP contribution in [0.2, 0.25) is 0 Å². The lowest BCUT2D eigenvalue weighted by Gasteiger charge is -2.15. The molecule has 9 nitrogen and oxygen atoms in total. The highest BCUT2D eigenvalue weighted by molar-refractivity contribution is 7.13. The molecule has 2 aromatic rings. The monoisotopic (exact) mass is 310 g/mol. The molecule has 10 heteroatoms. The Labute approximate surface area is 124 Å². The molecule has 0 unspecified atom stereocenters. The molecule has 112 valence electrons. The summed E-state index contributed by atoms with van der Waals surface area (Å²) in [6.07, 6.45) is 1.37. The van der Waals surface area contributed by atoms with E-state index in [2.05, 4.69) is 25.5 Å². The third kappa shape index (κ3) is 3.75. The van der Waals surface area contributed by atoms with E-state index in [1.54, 1.807) is 14.0 Å². The number of hydrogen-bond acceptors (Lipinski definition) is 6. The number of carboxylic acid groups (broad SMARTS) is 1. The van der Waals surface area contributed by atoms with Crippen LogP contribution in [-0.4, -0.2) is 49.2 Å².